The van der Waals surface area contributed by atoms with Crippen LogP contribution in [0.2, 0.25) is 0 Å². The fourth-order valence-electron chi connectivity index (χ4n) is 7.33. The highest BCUT2D eigenvalue weighted by molar-refractivity contribution is 5.86. The molecule has 7 atom stereocenters. The van der Waals surface area contributed by atoms with E-state index in [0.29, 0.717) is 24.2 Å². The van der Waals surface area contributed by atoms with Gasteiger partial charge >= 0.3 is 0 Å². The van der Waals surface area contributed by atoms with Crippen LogP contribution >= 0.6 is 0 Å². The molecular formula is C21H32O3. The van der Waals surface area contributed by atoms with Crippen LogP contribution in [0.1, 0.15) is 72.1 Å². The minimum atomic E-state index is -1.13. The molecule has 0 aliphatic heterocycles. The van der Waals surface area contributed by atoms with Crippen LogP contribution in [0.15, 0.2) is 11.6 Å². The van der Waals surface area contributed by atoms with Crippen molar-refractivity contribution in [2.24, 2.45) is 28.6 Å². The van der Waals surface area contributed by atoms with Crippen molar-refractivity contribution in [1.82, 2.24) is 0 Å². The third-order valence-corrected chi connectivity index (χ3v) is 8.77. The van der Waals surface area contributed by atoms with Crippen LogP contribution < -0.4 is 0 Å². The Bertz CT molecular complexity index is 596. The van der Waals surface area contributed by atoms with Gasteiger partial charge in [-0.2, -0.15) is 0 Å². The van der Waals surface area contributed by atoms with E-state index >= 15 is 0 Å². The number of fused-ring (bicyclic) bond motifs is 5. The van der Waals surface area contributed by atoms with Gasteiger partial charge < -0.3 is 10.2 Å². The van der Waals surface area contributed by atoms with E-state index in [9.17, 15) is 15.0 Å². The van der Waals surface area contributed by atoms with Crippen molar-refractivity contribution in [2.45, 2.75) is 83.8 Å². The van der Waals surface area contributed by atoms with Gasteiger partial charge in [-0.15, -0.1) is 0 Å². The molecular weight excluding hydrogens is 300 g/mol. The van der Waals surface area contributed by atoms with Crippen LogP contribution in [0.4, 0.5) is 0 Å². The van der Waals surface area contributed by atoms with Crippen molar-refractivity contribution in [3.05, 3.63) is 11.6 Å². The van der Waals surface area contributed by atoms with Gasteiger partial charge in [0.1, 0.15) is 5.60 Å². The Morgan fingerprint density at radius 1 is 1.17 bits per heavy atom. The Morgan fingerprint density at radius 3 is 2.58 bits per heavy atom. The average molecular weight is 332 g/mol. The number of hydrogen-bond donors (Lipinski definition) is 2. The second-order valence-corrected chi connectivity index (χ2v) is 9.57. The second-order valence-electron chi connectivity index (χ2n) is 9.57. The van der Waals surface area contributed by atoms with Gasteiger partial charge in [0.05, 0.1) is 6.10 Å². The zero-order chi connectivity index (χ0) is 17.3. The van der Waals surface area contributed by atoms with Crippen LogP contribution in [0, 0.1) is 28.6 Å². The summed E-state index contributed by atoms with van der Waals surface area (Å²) in [5.74, 6) is 1.53. The number of Topliss-reactive ketones (excluding diaryl/α,β-unsaturated/α-hetero) is 1. The van der Waals surface area contributed by atoms with Crippen molar-refractivity contribution >= 4 is 5.78 Å². The van der Waals surface area contributed by atoms with Crippen molar-refractivity contribution in [2.75, 3.05) is 0 Å². The normalized spacial score (nSPS) is 53.6. The van der Waals surface area contributed by atoms with Crippen LogP contribution in [0.5, 0.6) is 0 Å². The number of allylic oxidation sites excluding steroid dienone is 2. The molecule has 0 saturated heterocycles. The minimum absolute atomic E-state index is 0.0442. The van der Waals surface area contributed by atoms with Crippen molar-refractivity contribution in [1.29, 1.82) is 0 Å². The summed E-state index contributed by atoms with van der Waals surface area (Å²) in [5.41, 5.74) is 0.297. The molecule has 3 nitrogen and oxygen atoms in total. The number of carbonyl (C=O) groups is 1. The summed E-state index contributed by atoms with van der Waals surface area (Å²) >= 11 is 0. The molecule has 24 heavy (non-hydrogen) atoms. The Kier molecular flexibility index (Phi) is 3.61. The van der Waals surface area contributed by atoms with E-state index < -0.39 is 5.60 Å². The first-order valence-corrected chi connectivity index (χ1v) is 9.83. The summed E-state index contributed by atoms with van der Waals surface area (Å²) in [7, 11) is 0. The Labute approximate surface area is 145 Å². The first-order valence-electron chi connectivity index (χ1n) is 9.83. The molecule has 3 fully saturated rings. The molecule has 0 aromatic heterocycles. The van der Waals surface area contributed by atoms with Gasteiger partial charge in [-0.25, -0.2) is 0 Å². The van der Waals surface area contributed by atoms with E-state index in [0.717, 1.165) is 44.9 Å². The zero-order valence-corrected chi connectivity index (χ0v) is 15.3. The summed E-state index contributed by atoms with van der Waals surface area (Å²) in [5, 5.41) is 21.4. The molecule has 2 N–H and O–H groups in total. The topological polar surface area (TPSA) is 57.5 Å². The van der Waals surface area contributed by atoms with Crippen molar-refractivity contribution < 1.29 is 15.0 Å². The van der Waals surface area contributed by atoms with E-state index in [1.807, 2.05) is 0 Å². The fourth-order valence-corrected chi connectivity index (χ4v) is 7.33. The highest BCUT2D eigenvalue weighted by Gasteiger charge is 2.65. The highest BCUT2D eigenvalue weighted by Crippen LogP contribution is 2.67. The maximum absolute atomic E-state index is 12.2. The number of carbonyl (C=O) groups excluding carboxylic acids is 1. The molecule has 0 heterocycles. The van der Waals surface area contributed by atoms with Gasteiger partial charge in [-0.3, -0.25) is 4.79 Å². The molecule has 3 saturated carbocycles. The predicted molar refractivity (Wildman–Crippen MR) is 93.3 cm³/mol. The maximum Gasteiger partial charge on any atom is 0.161 e. The summed E-state index contributed by atoms with van der Waals surface area (Å²) in [6, 6.07) is 0. The van der Waals surface area contributed by atoms with E-state index in [-0.39, 0.29) is 22.7 Å². The lowest BCUT2D eigenvalue weighted by Gasteiger charge is -2.58. The van der Waals surface area contributed by atoms with Crippen LogP contribution in [-0.2, 0) is 4.79 Å². The number of aliphatic hydroxyl groups excluding tert-OH is 1. The molecule has 0 aromatic carbocycles. The molecule has 0 bridgehead atoms. The molecule has 3 heteroatoms. The van der Waals surface area contributed by atoms with E-state index in [2.05, 4.69) is 19.9 Å². The minimum Gasteiger partial charge on any atom is -0.393 e. The Balaban J connectivity index is 1.70. The molecule has 134 valence electrons. The fraction of sp³-hybridized carbons (Fsp3) is 0.857. The molecule has 4 aliphatic carbocycles. The number of rotatable bonds is 1. The number of aliphatic hydroxyl groups is 2. The van der Waals surface area contributed by atoms with Gasteiger partial charge in [0.2, 0.25) is 0 Å². The molecule has 0 amide bonds. The Morgan fingerprint density at radius 2 is 1.88 bits per heavy atom. The monoisotopic (exact) mass is 332 g/mol. The van der Waals surface area contributed by atoms with Gasteiger partial charge in [-0.05, 0) is 81.5 Å². The zero-order valence-electron chi connectivity index (χ0n) is 15.3. The summed E-state index contributed by atoms with van der Waals surface area (Å²) in [6.45, 7) is 6.10. The van der Waals surface area contributed by atoms with E-state index in [4.69, 9.17) is 0 Å². The predicted octanol–water partition coefficient (Wildman–Crippen LogP) is 3.63. The molecule has 4 aliphatic rings. The molecule has 0 radical (unpaired) electrons. The maximum atomic E-state index is 12.2. The summed E-state index contributed by atoms with van der Waals surface area (Å²) in [6.07, 6.45) is 9.82. The molecule has 1 unspecified atom stereocenters. The standard InChI is InChI=1S/C21H32O3/c1-13(22)21(24)11-9-18-16-7-5-14-4-6-15(23)12-19(14,2)17(16)8-10-20(18,21)3/h5,15-18,23-24H,4,6-12H2,1-3H3/t15?,16-,17+,18+,19+,20+,21+/m1/s1. The van der Waals surface area contributed by atoms with Gasteiger partial charge in [-0.1, -0.05) is 25.5 Å². The first kappa shape index (κ1) is 16.8. The molecule has 4 rings (SSSR count). The quantitative estimate of drug-likeness (QED) is 0.721. The largest absolute Gasteiger partial charge is 0.393 e. The van der Waals surface area contributed by atoms with Crippen molar-refractivity contribution in [3.63, 3.8) is 0 Å². The highest BCUT2D eigenvalue weighted by atomic mass is 16.3. The third-order valence-electron chi connectivity index (χ3n) is 8.77. The van der Waals surface area contributed by atoms with E-state index in [1.54, 1.807) is 12.5 Å². The van der Waals surface area contributed by atoms with Gasteiger partial charge in [0.15, 0.2) is 5.78 Å². The smallest absolute Gasteiger partial charge is 0.161 e. The summed E-state index contributed by atoms with van der Waals surface area (Å²) < 4.78 is 0. The van der Waals surface area contributed by atoms with Crippen LogP contribution in [0.25, 0.3) is 0 Å². The lowest BCUT2D eigenvalue weighted by molar-refractivity contribution is -0.159. The average Bonchev–Trinajstić information content (AvgIpc) is 2.79. The third kappa shape index (κ3) is 1.94. The summed E-state index contributed by atoms with van der Waals surface area (Å²) in [4.78, 5) is 12.2. The van der Waals surface area contributed by atoms with Crippen molar-refractivity contribution in [3.8, 4) is 0 Å². The second kappa shape index (κ2) is 5.17. The Hall–Kier alpha value is -0.670. The van der Waals surface area contributed by atoms with E-state index in [1.165, 1.54) is 0 Å². The number of hydrogen-bond acceptors (Lipinski definition) is 3. The SMILES string of the molecule is CC(=O)[C@@]1(O)CC[C@H]2[C@@H]3CC=C4CCC(O)C[C@]4(C)[C@H]3CC[C@@]21C. The lowest BCUT2D eigenvalue weighted by Crippen LogP contribution is -2.57. The van der Waals surface area contributed by atoms with Crippen LogP contribution in [-0.4, -0.2) is 27.7 Å². The lowest BCUT2D eigenvalue weighted by atomic mass is 9.46. The van der Waals surface area contributed by atoms with Gasteiger partial charge in [0.25, 0.3) is 0 Å². The molecule has 0 spiro atoms. The first-order chi connectivity index (χ1) is 11.2. The van der Waals surface area contributed by atoms with Crippen LogP contribution in [0.3, 0.4) is 0 Å². The van der Waals surface area contributed by atoms with Gasteiger partial charge in [0, 0.05) is 5.41 Å². The molecule has 0 aromatic rings. The number of ketones is 1.